The molecular formula is C11H17N3O2S. The fraction of sp³-hybridized carbons (Fsp3) is 0.545. The van der Waals surface area contributed by atoms with E-state index < -0.39 is 10.0 Å². The molecule has 1 heterocycles. The smallest absolute Gasteiger partial charge is 0.240 e. The van der Waals surface area contributed by atoms with Gasteiger partial charge >= 0.3 is 0 Å². The highest BCUT2D eigenvalue weighted by Crippen LogP contribution is 2.31. The summed E-state index contributed by atoms with van der Waals surface area (Å²) in [7, 11) is -1.68. The second-order valence-electron chi connectivity index (χ2n) is 4.26. The molecule has 2 N–H and O–H groups in total. The lowest BCUT2D eigenvalue weighted by Crippen LogP contribution is -2.25. The molecule has 0 aliphatic heterocycles. The zero-order valence-electron chi connectivity index (χ0n) is 9.81. The molecule has 1 saturated carbocycles. The standard InChI is InChI=1S/C11H17N3O2S/c1-12-11-8-10(5-6-13-11)17(15,16)14-7-4-9-2-3-9/h5-6,8-9,14H,2-4,7H2,1H3,(H,12,13). The maximum Gasteiger partial charge on any atom is 0.240 e. The minimum Gasteiger partial charge on any atom is -0.373 e. The van der Waals surface area contributed by atoms with Crippen LogP contribution in [0.25, 0.3) is 0 Å². The number of anilines is 1. The van der Waals surface area contributed by atoms with Crippen molar-refractivity contribution < 1.29 is 8.42 Å². The second-order valence-corrected chi connectivity index (χ2v) is 6.02. The van der Waals surface area contributed by atoms with E-state index in [-0.39, 0.29) is 4.90 Å². The third kappa shape index (κ3) is 3.41. The highest BCUT2D eigenvalue weighted by Gasteiger charge is 2.22. The normalized spacial score (nSPS) is 15.8. The Morgan fingerprint density at radius 2 is 2.24 bits per heavy atom. The number of hydrogen-bond donors (Lipinski definition) is 2. The van der Waals surface area contributed by atoms with E-state index in [0.717, 1.165) is 12.3 Å². The van der Waals surface area contributed by atoms with E-state index in [1.165, 1.54) is 31.2 Å². The first-order chi connectivity index (χ1) is 8.12. The zero-order valence-corrected chi connectivity index (χ0v) is 10.6. The predicted molar refractivity (Wildman–Crippen MR) is 66.3 cm³/mol. The lowest BCUT2D eigenvalue weighted by molar-refractivity contribution is 0.575. The van der Waals surface area contributed by atoms with Crippen LogP contribution in [0, 0.1) is 5.92 Å². The third-order valence-corrected chi connectivity index (χ3v) is 4.30. The van der Waals surface area contributed by atoms with Gasteiger partial charge in [-0.25, -0.2) is 18.1 Å². The first kappa shape index (κ1) is 12.3. The SMILES string of the molecule is CNc1cc(S(=O)(=O)NCCC2CC2)ccn1. The van der Waals surface area contributed by atoms with Crippen LogP contribution in [0.15, 0.2) is 23.2 Å². The summed E-state index contributed by atoms with van der Waals surface area (Å²) in [6.45, 7) is 0.518. The summed E-state index contributed by atoms with van der Waals surface area (Å²) in [5.74, 6) is 1.28. The summed E-state index contributed by atoms with van der Waals surface area (Å²) in [6, 6.07) is 3.03. The van der Waals surface area contributed by atoms with Gasteiger partial charge in [0, 0.05) is 25.9 Å². The number of nitrogens with one attached hydrogen (secondary N) is 2. The van der Waals surface area contributed by atoms with Crippen molar-refractivity contribution in [3.05, 3.63) is 18.3 Å². The van der Waals surface area contributed by atoms with Gasteiger partial charge in [-0.15, -0.1) is 0 Å². The molecule has 0 spiro atoms. The highest BCUT2D eigenvalue weighted by atomic mass is 32.2. The number of pyridine rings is 1. The molecule has 6 heteroatoms. The van der Waals surface area contributed by atoms with E-state index >= 15 is 0 Å². The van der Waals surface area contributed by atoms with Crippen molar-refractivity contribution in [2.45, 2.75) is 24.2 Å². The first-order valence-electron chi connectivity index (χ1n) is 5.75. The quantitative estimate of drug-likeness (QED) is 0.801. The van der Waals surface area contributed by atoms with Gasteiger partial charge < -0.3 is 5.32 Å². The summed E-state index contributed by atoms with van der Waals surface area (Å²) >= 11 is 0. The Hall–Kier alpha value is -1.14. The van der Waals surface area contributed by atoms with Crippen LogP contribution in [0.1, 0.15) is 19.3 Å². The third-order valence-electron chi connectivity index (χ3n) is 2.84. The Balaban J connectivity index is 2.01. The van der Waals surface area contributed by atoms with Gasteiger partial charge in [-0.05, 0) is 18.4 Å². The monoisotopic (exact) mass is 255 g/mol. The molecule has 1 aromatic heterocycles. The van der Waals surface area contributed by atoms with Crippen molar-refractivity contribution in [3.8, 4) is 0 Å². The second kappa shape index (κ2) is 5.01. The summed E-state index contributed by atoms with van der Waals surface area (Å²) in [5.41, 5.74) is 0. The maximum absolute atomic E-state index is 11.9. The molecule has 17 heavy (non-hydrogen) atoms. The van der Waals surface area contributed by atoms with Crippen molar-refractivity contribution >= 4 is 15.8 Å². The minimum absolute atomic E-state index is 0.257. The predicted octanol–water partition coefficient (Wildman–Crippen LogP) is 1.20. The van der Waals surface area contributed by atoms with Gasteiger partial charge in [0.15, 0.2) is 0 Å². The molecule has 1 aliphatic carbocycles. The first-order valence-corrected chi connectivity index (χ1v) is 7.23. The topological polar surface area (TPSA) is 71.1 Å². The maximum atomic E-state index is 11.9. The van der Waals surface area contributed by atoms with Gasteiger partial charge in [-0.1, -0.05) is 12.8 Å². The van der Waals surface area contributed by atoms with Crippen LogP contribution < -0.4 is 10.0 Å². The fourth-order valence-electron chi connectivity index (χ4n) is 1.60. The number of rotatable bonds is 6. The molecule has 0 atom stereocenters. The molecule has 0 saturated heterocycles. The Morgan fingerprint density at radius 3 is 2.88 bits per heavy atom. The van der Waals surface area contributed by atoms with Gasteiger partial charge in [0.25, 0.3) is 0 Å². The van der Waals surface area contributed by atoms with Crippen LogP contribution >= 0.6 is 0 Å². The molecule has 0 aromatic carbocycles. The molecule has 0 unspecified atom stereocenters. The van der Waals surface area contributed by atoms with Gasteiger partial charge in [-0.3, -0.25) is 0 Å². The van der Waals surface area contributed by atoms with Crippen molar-refractivity contribution in [1.82, 2.24) is 9.71 Å². The van der Waals surface area contributed by atoms with Gasteiger partial charge in [0.2, 0.25) is 10.0 Å². The summed E-state index contributed by atoms with van der Waals surface area (Å²) in [4.78, 5) is 4.24. The largest absolute Gasteiger partial charge is 0.373 e. The van der Waals surface area contributed by atoms with E-state index in [0.29, 0.717) is 12.4 Å². The van der Waals surface area contributed by atoms with Gasteiger partial charge in [0.05, 0.1) is 4.90 Å². The Morgan fingerprint density at radius 1 is 1.47 bits per heavy atom. The van der Waals surface area contributed by atoms with E-state index in [1.54, 1.807) is 7.05 Å². The highest BCUT2D eigenvalue weighted by molar-refractivity contribution is 7.89. The number of nitrogens with zero attached hydrogens (tertiary/aromatic N) is 1. The average molecular weight is 255 g/mol. The van der Waals surface area contributed by atoms with Crippen LogP contribution in [-0.4, -0.2) is 27.0 Å². The molecule has 1 aromatic rings. The summed E-state index contributed by atoms with van der Waals surface area (Å²) < 4.78 is 26.5. The molecule has 1 fully saturated rings. The molecule has 2 rings (SSSR count). The Bertz CT molecular complexity index is 483. The van der Waals surface area contributed by atoms with E-state index in [9.17, 15) is 8.42 Å². The molecule has 0 radical (unpaired) electrons. The van der Waals surface area contributed by atoms with E-state index in [2.05, 4.69) is 15.0 Å². The molecular weight excluding hydrogens is 238 g/mol. The molecule has 0 amide bonds. The molecule has 1 aliphatic rings. The summed E-state index contributed by atoms with van der Waals surface area (Å²) in [5, 5.41) is 2.82. The van der Waals surface area contributed by atoms with E-state index in [1.807, 2.05) is 0 Å². The van der Waals surface area contributed by atoms with E-state index in [4.69, 9.17) is 0 Å². The van der Waals surface area contributed by atoms with Crippen molar-refractivity contribution in [1.29, 1.82) is 0 Å². The summed E-state index contributed by atoms with van der Waals surface area (Å²) in [6.07, 6.45) is 4.90. The van der Waals surface area contributed by atoms with Crippen molar-refractivity contribution in [2.75, 3.05) is 18.9 Å². The minimum atomic E-state index is -3.39. The Kier molecular flexibility index (Phi) is 3.63. The van der Waals surface area contributed by atoms with Crippen LogP contribution in [0.2, 0.25) is 0 Å². The van der Waals surface area contributed by atoms with Crippen molar-refractivity contribution in [3.63, 3.8) is 0 Å². The Labute approximate surface area is 102 Å². The number of hydrogen-bond acceptors (Lipinski definition) is 4. The molecule has 0 bridgehead atoms. The average Bonchev–Trinajstić information content (AvgIpc) is 3.13. The lowest BCUT2D eigenvalue weighted by Gasteiger charge is -2.07. The fourth-order valence-corrected chi connectivity index (χ4v) is 2.66. The number of aromatic nitrogens is 1. The van der Waals surface area contributed by atoms with Crippen LogP contribution in [-0.2, 0) is 10.0 Å². The van der Waals surface area contributed by atoms with Gasteiger partial charge in [0.1, 0.15) is 5.82 Å². The number of sulfonamides is 1. The van der Waals surface area contributed by atoms with Gasteiger partial charge in [-0.2, -0.15) is 0 Å². The van der Waals surface area contributed by atoms with Crippen LogP contribution in [0.5, 0.6) is 0 Å². The zero-order chi connectivity index (χ0) is 12.3. The molecule has 94 valence electrons. The van der Waals surface area contributed by atoms with Crippen LogP contribution in [0.4, 0.5) is 5.82 Å². The lowest BCUT2D eigenvalue weighted by atomic mass is 10.3. The van der Waals surface area contributed by atoms with Crippen LogP contribution in [0.3, 0.4) is 0 Å². The molecule has 5 nitrogen and oxygen atoms in total. The van der Waals surface area contributed by atoms with Crippen molar-refractivity contribution in [2.24, 2.45) is 5.92 Å².